The maximum atomic E-state index is 12.3. The Morgan fingerprint density at radius 3 is 2.17 bits per heavy atom. The first-order valence-electron chi connectivity index (χ1n) is 7.77. The van der Waals surface area contributed by atoms with Crippen LogP contribution in [0.15, 0.2) is 17.0 Å². The molecule has 0 radical (unpaired) electrons. The zero-order valence-electron chi connectivity index (χ0n) is 13.7. The molecule has 1 rings (SSSR count). The molecule has 1 aromatic carbocycles. The van der Waals surface area contributed by atoms with E-state index in [9.17, 15) is 27.7 Å². The number of carbonyl (C=O) groups excluding carboxylic acids is 1. The van der Waals surface area contributed by atoms with Crippen molar-refractivity contribution in [3.05, 3.63) is 28.8 Å². The third-order valence-corrected chi connectivity index (χ3v) is 4.31. The molecule has 0 saturated heterocycles. The highest BCUT2D eigenvalue weighted by Gasteiger charge is 2.24. The van der Waals surface area contributed by atoms with E-state index in [1.54, 1.807) is 0 Å². The zero-order chi connectivity index (χ0) is 18.3. The molecule has 1 aromatic rings. The predicted molar refractivity (Wildman–Crippen MR) is 87.0 cm³/mol. The molecule has 0 spiro atoms. The van der Waals surface area contributed by atoms with Gasteiger partial charge in [-0.2, -0.15) is 8.42 Å². The van der Waals surface area contributed by atoms with Gasteiger partial charge in [0.15, 0.2) is 0 Å². The molecule has 2 N–H and O–H groups in total. The molecule has 24 heavy (non-hydrogen) atoms. The number of carbonyl (C=O) groups is 2. The summed E-state index contributed by atoms with van der Waals surface area (Å²) in [4.78, 5) is 23.1. The maximum Gasteiger partial charge on any atom is 0.338 e. The summed E-state index contributed by atoms with van der Waals surface area (Å²) >= 11 is 0. The molecule has 0 unspecified atom stereocenters. The molecule has 0 amide bonds. The SMILES string of the molecule is CCCCOC(=O)c1cc(S(=O)(=O)O)cc(C(=O)O)c1CCCC. The number of esters is 1. The summed E-state index contributed by atoms with van der Waals surface area (Å²) in [6.07, 6.45) is 3.13. The van der Waals surface area contributed by atoms with Crippen molar-refractivity contribution >= 4 is 22.1 Å². The van der Waals surface area contributed by atoms with Crippen molar-refractivity contribution in [3.63, 3.8) is 0 Å². The van der Waals surface area contributed by atoms with Crippen molar-refractivity contribution in [3.8, 4) is 0 Å². The molecule has 0 aliphatic rings. The van der Waals surface area contributed by atoms with Gasteiger partial charge in [-0.05, 0) is 37.0 Å². The average molecular weight is 358 g/mol. The minimum atomic E-state index is -4.65. The van der Waals surface area contributed by atoms with Crippen molar-refractivity contribution in [2.45, 2.75) is 50.8 Å². The van der Waals surface area contributed by atoms with E-state index in [2.05, 4.69) is 0 Å². The van der Waals surface area contributed by atoms with Crippen LogP contribution in [-0.2, 0) is 21.3 Å². The van der Waals surface area contributed by atoms with Gasteiger partial charge in [-0.25, -0.2) is 9.59 Å². The van der Waals surface area contributed by atoms with Crippen LogP contribution >= 0.6 is 0 Å². The summed E-state index contributed by atoms with van der Waals surface area (Å²) in [5, 5.41) is 9.35. The van der Waals surface area contributed by atoms with E-state index in [0.29, 0.717) is 19.3 Å². The second-order valence-corrected chi connectivity index (χ2v) is 6.79. The molecular weight excluding hydrogens is 336 g/mol. The van der Waals surface area contributed by atoms with Crippen molar-refractivity contribution in [2.75, 3.05) is 6.61 Å². The fourth-order valence-electron chi connectivity index (χ4n) is 2.18. The Kier molecular flexibility index (Phi) is 7.37. The van der Waals surface area contributed by atoms with Crippen LogP contribution in [0.2, 0.25) is 0 Å². The van der Waals surface area contributed by atoms with Gasteiger partial charge in [0.05, 0.1) is 22.6 Å². The van der Waals surface area contributed by atoms with Crippen LogP contribution < -0.4 is 0 Å². The molecule has 8 heteroatoms. The van der Waals surface area contributed by atoms with Gasteiger partial charge in [0, 0.05) is 0 Å². The summed E-state index contributed by atoms with van der Waals surface area (Å²) in [6, 6.07) is 1.84. The second-order valence-electron chi connectivity index (χ2n) is 5.37. The molecule has 0 aliphatic carbocycles. The van der Waals surface area contributed by atoms with Crippen LogP contribution in [0.4, 0.5) is 0 Å². The highest BCUT2D eigenvalue weighted by molar-refractivity contribution is 7.85. The summed E-state index contributed by atoms with van der Waals surface area (Å²) in [5.74, 6) is -2.16. The molecule has 0 aromatic heterocycles. The summed E-state index contributed by atoms with van der Waals surface area (Å²) in [7, 11) is -4.65. The van der Waals surface area contributed by atoms with Crippen molar-refractivity contribution in [1.29, 1.82) is 0 Å². The number of carboxylic acids is 1. The highest BCUT2D eigenvalue weighted by atomic mass is 32.2. The Bertz CT molecular complexity index is 707. The van der Waals surface area contributed by atoms with Crippen molar-refractivity contribution in [1.82, 2.24) is 0 Å². The van der Waals surface area contributed by atoms with Crippen LogP contribution in [0.3, 0.4) is 0 Å². The molecule has 0 saturated carbocycles. The summed E-state index contributed by atoms with van der Waals surface area (Å²) < 4.78 is 37.1. The third kappa shape index (κ3) is 5.31. The Morgan fingerprint density at radius 1 is 1.08 bits per heavy atom. The lowest BCUT2D eigenvalue weighted by molar-refractivity contribution is 0.0498. The number of hydrogen-bond donors (Lipinski definition) is 2. The highest BCUT2D eigenvalue weighted by Crippen LogP contribution is 2.24. The fraction of sp³-hybridized carbons (Fsp3) is 0.500. The Morgan fingerprint density at radius 2 is 1.67 bits per heavy atom. The largest absolute Gasteiger partial charge is 0.478 e. The zero-order valence-corrected chi connectivity index (χ0v) is 14.6. The Hall–Kier alpha value is -1.93. The van der Waals surface area contributed by atoms with Gasteiger partial charge >= 0.3 is 11.9 Å². The molecule has 134 valence electrons. The number of unbranched alkanes of at least 4 members (excludes halogenated alkanes) is 2. The Labute approximate surface area is 141 Å². The molecule has 0 atom stereocenters. The quantitative estimate of drug-likeness (QED) is 0.396. The second kappa shape index (κ2) is 8.79. The van der Waals surface area contributed by atoms with E-state index in [4.69, 9.17) is 4.74 Å². The number of hydrogen-bond acceptors (Lipinski definition) is 5. The van der Waals surface area contributed by atoms with E-state index in [1.165, 1.54) is 0 Å². The van der Waals surface area contributed by atoms with Gasteiger partial charge in [-0.15, -0.1) is 0 Å². The summed E-state index contributed by atoms with van der Waals surface area (Å²) in [6.45, 7) is 3.98. The number of ether oxygens (including phenoxy) is 1. The molecule has 0 fully saturated rings. The molecule has 0 bridgehead atoms. The molecule has 7 nitrogen and oxygen atoms in total. The van der Waals surface area contributed by atoms with Crippen molar-refractivity contribution < 1.29 is 32.4 Å². The average Bonchev–Trinajstić information content (AvgIpc) is 2.51. The number of benzene rings is 1. The monoisotopic (exact) mass is 358 g/mol. The Balaban J connectivity index is 3.46. The molecule has 0 heterocycles. The van der Waals surface area contributed by atoms with Gasteiger partial charge in [0.1, 0.15) is 0 Å². The van der Waals surface area contributed by atoms with Gasteiger partial charge in [-0.1, -0.05) is 26.7 Å². The first-order valence-corrected chi connectivity index (χ1v) is 9.21. The lowest BCUT2D eigenvalue weighted by atomic mass is 9.96. The lowest BCUT2D eigenvalue weighted by Gasteiger charge is -2.14. The first-order chi connectivity index (χ1) is 11.2. The topological polar surface area (TPSA) is 118 Å². The minimum Gasteiger partial charge on any atom is -0.478 e. The van der Waals surface area contributed by atoms with E-state index < -0.39 is 27.0 Å². The van der Waals surface area contributed by atoms with Crippen LogP contribution in [0.5, 0.6) is 0 Å². The van der Waals surface area contributed by atoms with E-state index >= 15 is 0 Å². The van der Waals surface area contributed by atoms with Gasteiger partial charge in [0.25, 0.3) is 10.1 Å². The van der Waals surface area contributed by atoms with Crippen LogP contribution in [0, 0.1) is 0 Å². The van der Waals surface area contributed by atoms with Crippen LogP contribution in [0.1, 0.15) is 65.8 Å². The normalized spacial score (nSPS) is 11.3. The summed E-state index contributed by atoms with van der Waals surface area (Å²) in [5.41, 5.74) is -0.230. The van der Waals surface area contributed by atoms with Crippen LogP contribution in [0.25, 0.3) is 0 Å². The van der Waals surface area contributed by atoms with E-state index in [0.717, 1.165) is 25.0 Å². The fourth-order valence-corrected chi connectivity index (χ4v) is 2.71. The lowest BCUT2D eigenvalue weighted by Crippen LogP contribution is -2.16. The van der Waals surface area contributed by atoms with Gasteiger partial charge < -0.3 is 9.84 Å². The maximum absolute atomic E-state index is 12.3. The smallest absolute Gasteiger partial charge is 0.338 e. The number of carboxylic acid groups (broad SMARTS) is 1. The standard InChI is InChI=1S/C16H22O7S/c1-3-5-7-12-13(15(17)18)9-11(24(20,21)22)10-14(12)16(19)23-8-6-4-2/h9-10H,3-8H2,1-2H3,(H,17,18)(H,20,21,22). The third-order valence-electron chi connectivity index (χ3n) is 3.48. The number of rotatable bonds is 9. The molecular formula is C16H22O7S. The number of aromatic carboxylic acids is 1. The van der Waals surface area contributed by atoms with Crippen LogP contribution in [-0.4, -0.2) is 36.6 Å². The predicted octanol–water partition coefficient (Wildman–Crippen LogP) is 2.93. The van der Waals surface area contributed by atoms with Gasteiger partial charge in [-0.3, -0.25) is 4.55 Å². The van der Waals surface area contributed by atoms with E-state index in [-0.39, 0.29) is 23.3 Å². The molecule has 0 aliphatic heterocycles. The first kappa shape index (κ1) is 20.1. The minimum absolute atomic E-state index is 0.132. The van der Waals surface area contributed by atoms with Gasteiger partial charge in [0.2, 0.25) is 0 Å². The van der Waals surface area contributed by atoms with E-state index in [1.807, 2.05) is 13.8 Å². The van der Waals surface area contributed by atoms with Crippen molar-refractivity contribution in [2.24, 2.45) is 0 Å².